The number of aryl methyl sites for hydroxylation is 1. The molecule has 1 aliphatic rings. The molecule has 4 nitrogen and oxygen atoms in total. The van der Waals surface area contributed by atoms with Crippen LogP contribution in [0.2, 0.25) is 0 Å². The van der Waals surface area contributed by atoms with E-state index in [2.05, 4.69) is 5.32 Å². The minimum absolute atomic E-state index is 0.00135. The third kappa shape index (κ3) is 3.30. The lowest BCUT2D eigenvalue weighted by Gasteiger charge is -2.20. The average molecular weight is 299 g/mol. The van der Waals surface area contributed by atoms with Crippen LogP contribution in [0.5, 0.6) is 0 Å². The van der Waals surface area contributed by atoms with Gasteiger partial charge in [-0.1, -0.05) is 6.42 Å². The Labute approximate surface area is 120 Å². The number of hydrogen-bond acceptors (Lipinski definition) is 5. The maximum Gasteiger partial charge on any atom is 0.350 e. The highest BCUT2D eigenvalue weighted by Gasteiger charge is 2.25. The van der Waals surface area contributed by atoms with E-state index in [0.717, 1.165) is 24.2 Å². The zero-order valence-electron chi connectivity index (χ0n) is 11.0. The van der Waals surface area contributed by atoms with E-state index in [1.807, 2.05) is 12.3 Å². The summed E-state index contributed by atoms with van der Waals surface area (Å²) in [6.07, 6.45) is 3.18. The number of amides is 1. The summed E-state index contributed by atoms with van der Waals surface area (Å²) in [7, 11) is 1.35. The maximum atomic E-state index is 12.2. The van der Waals surface area contributed by atoms with Gasteiger partial charge in [0, 0.05) is 0 Å². The highest BCUT2D eigenvalue weighted by atomic mass is 32.2. The number of thiophene rings is 1. The van der Waals surface area contributed by atoms with Gasteiger partial charge in [-0.2, -0.15) is 0 Å². The first-order chi connectivity index (χ1) is 9.13. The topological polar surface area (TPSA) is 55.4 Å². The first kappa shape index (κ1) is 14.4. The van der Waals surface area contributed by atoms with Crippen molar-refractivity contribution < 1.29 is 14.3 Å². The van der Waals surface area contributed by atoms with Crippen molar-refractivity contribution in [3.63, 3.8) is 0 Å². The molecule has 2 heterocycles. The number of carbonyl (C=O) groups excluding carboxylic acids is 2. The smallest absolute Gasteiger partial charge is 0.350 e. The van der Waals surface area contributed by atoms with Gasteiger partial charge >= 0.3 is 5.97 Å². The van der Waals surface area contributed by atoms with Gasteiger partial charge in [0.05, 0.1) is 18.0 Å². The Hall–Kier alpha value is -1.01. The van der Waals surface area contributed by atoms with Crippen LogP contribution in [0.3, 0.4) is 0 Å². The summed E-state index contributed by atoms with van der Waals surface area (Å²) in [5.74, 6) is 0.631. The van der Waals surface area contributed by atoms with Crippen LogP contribution in [0.15, 0.2) is 5.38 Å². The van der Waals surface area contributed by atoms with Crippen molar-refractivity contribution >= 4 is 40.7 Å². The van der Waals surface area contributed by atoms with Gasteiger partial charge < -0.3 is 10.1 Å². The molecule has 2 rings (SSSR count). The highest BCUT2D eigenvalue weighted by molar-refractivity contribution is 8.00. The predicted octanol–water partition coefficient (Wildman–Crippen LogP) is 3.07. The van der Waals surface area contributed by atoms with Crippen LogP contribution in [0.4, 0.5) is 5.69 Å². The molecule has 0 aromatic carbocycles. The van der Waals surface area contributed by atoms with Gasteiger partial charge in [0.15, 0.2) is 0 Å². The lowest BCUT2D eigenvalue weighted by Crippen LogP contribution is -2.28. The molecule has 1 amide bonds. The number of carbonyl (C=O) groups is 2. The number of anilines is 1. The third-order valence-corrected chi connectivity index (χ3v) is 5.52. The molecule has 19 heavy (non-hydrogen) atoms. The Bertz CT molecular complexity index is 478. The summed E-state index contributed by atoms with van der Waals surface area (Å²) < 4.78 is 4.73. The van der Waals surface area contributed by atoms with E-state index in [1.54, 1.807) is 11.8 Å². The Morgan fingerprint density at radius 2 is 2.21 bits per heavy atom. The fraction of sp³-hybridized carbons (Fsp3) is 0.538. The van der Waals surface area contributed by atoms with E-state index < -0.39 is 5.97 Å². The van der Waals surface area contributed by atoms with Crippen LogP contribution in [-0.2, 0) is 9.53 Å². The SMILES string of the molecule is COC(=O)c1scc(C)c1NC(=O)C1CCCCS1. The number of rotatable bonds is 3. The van der Waals surface area contributed by atoms with E-state index in [1.165, 1.54) is 24.9 Å². The highest BCUT2D eigenvalue weighted by Crippen LogP contribution is 2.31. The number of nitrogens with one attached hydrogen (secondary N) is 1. The van der Waals surface area contributed by atoms with Crippen molar-refractivity contribution in [1.29, 1.82) is 0 Å². The minimum atomic E-state index is -0.398. The van der Waals surface area contributed by atoms with Crippen LogP contribution in [0.1, 0.15) is 34.5 Å². The molecule has 1 aliphatic heterocycles. The molecule has 1 aromatic heterocycles. The number of thioether (sulfide) groups is 1. The molecule has 1 fully saturated rings. The van der Waals surface area contributed by atoms with Crippen molar-refractivity contribution in [2.75, 3.05) is 18.2 Å². The second-order valence-electron chi connectivity index (χ2n) is 4.46. The molecule has 1 N–H and O–H groups in total. The largest absolute Gasteiger partial charge is 0.465 e. The summed E-state index contributed by atoms with van der Waals surface area (Å²) >= 11 is 3.00. The van der Waals surface area contributed by atoms with Gasteiger partial charge in [-0.3, -0.25) is 4.79 Å². The second-order valence-corrected chi connectivity index (χ2v) is 6.65. The zero-order valence-corrected chi connectivity index (χ0v) is 12.7. The molecule has 0 radical (unpaired) electrons. The maximum absolute atomic E-state index is 12.2. The van der Waals surface area contributed by atoms with Crippen molar-refractivity contribution in [3.05, 3.63) is 15.8 Å². The summed E-state index contributed by atoms with van der Waals surface area (Å²) in [6.45, 7) is 1.88. The van der Waals surface area contributed by atoms with Crippen LogP contribution in [0.25, 0.3) is 0 Å². The van der Waals surface area contributed by atoms with Crippen LogP contribution in [-0.4, -0.2) is 30.0 Å². The first-order valence-corrected chi connectivity index (χ1v) is 8.15. The predicted molar refractivity (Wildman–Crippen MR) is 79.1 cm³/mol. The quantitative estimate of drug-likeness (QED) is 0.872. The normalized spacial score (nSPS) is 18.9. The van der Waals surface area contributed by atoms with Gasteiger partial charge in [-0.15, -0.1) is 23.1 Å². The van der Waals surface area contributed by atoms with E-state index in [0.29, 0.717) is 10.6 Å². The van der Waals surface area contributed by atoms with Crippen molar-refractivity contribution in [1.82, 2.24) is 0 Å². The summed E-state index contributed by atoms with van der Waals surface area (Å²) in [4.78, 5) is 24.3. The molecule has 0 saturated carbocycles. The lowest BCUT2D eigenvalue weighted by molar-refractivity contribution is -0.115. The third-order valence-electron chi connectivity index (χ3n) is 3.07. The fourth-order valence-electron chi connectivity index (χ4n) is 1.99. The minimum Gasteiger partial charge on any atom is -0.465 e. The molecule has 0 bridgehead atoms. The number of ether oxygens (including phenoxy) is 1. The molecule has 1 atom stereocenters. The molecule has 104 valence electrons. The molecule has 0 spiro atoms. The first-order valence-electron chi connectivity index (χ1n) is 6.22. The lowest BCUT2D eigenvalue weighted by atomic mass is 10.1. The van der Waals surface area contributed by atoms with Gasteiger partial charge in [0.25, 0.3) is 0 Å². The van der Waals surface area contributed by atoms with Gasteiger partial charge in [-0.05, 0) is 36.5 Å². The molecule has 6 heteroatoms. The van der Waals surface area contributed by atoms with E-state index in [-0.39, 0.29) is 11.2 Å². The van der Waals surface area contributed by atoms with E-state index >= 15 is 0 Å². The number of methoxy groups -OCH3 is 1. The second kappa shape index (κ2) is 6.43. The molecule has 0 aliphatic carbocycles. The van der Waals surface area contributed by atoms with E-state index in [4.69, 9.17) is 4.74 Å². The number of esters is 1. The number of hydrogen-bond donors (Lipinski definition) is 1. The zero-order chi connectivity index (χ0) is 13.8. The monoisotopic (exact) mass is 299 g/mol. The Morgan fingerprint density at radius 1 is 1.42 bits per heavy atom. The Kier molecular flexibility index (Phi) is 4.87. The molecular formula is C13H17NO3S2. The van der Waals surface area contributed by atoms with Crippen molar-refractivity contribution in [2.45, 2.75) is 31.4 Å². The van der Waals surface area contributed by atoms with Gasteiger partial charge in [0.2, 0.25) is 5.91 Å². The fourth-order valence-corrected chi connectivity index (χ4v) is 4.11. The molecular weight excluding hydrogens is 282 g/mol. The van der Waals surface area contributed by atoms with Crippen molar-refractivity contribution in [2.24, 2.45) is 0 Å². The van der Waals surface area contributed by atoms with Crippen LogP contribution >= 0.6 is 23.1 Å². The van der Waals surface area contributed by atoms with Crippen LogP contribution < -0.4 is 5.32 Å². The molecule has 1 unspecified atom stereocenters. The molecule has 1 saturated heterocycles. The summed E-state index contributed by atoms with van der Waals surface area (Å²) in [5, 5.41) is 4.75. The summed E-state index contributed by atoms with van der Waals surface area (Å²) in [5.41, 5.74) is 1.51. The molecule has 1 aromatic rings. The van der Waals surface area contributed by atoms with Crippen molar-refractivity contribution in [3.8, 4) is 0 Å². The van der Waals surface area contributed by atoms with Gasteiger partial charge in [0.1, 0.15) is 4.88 Å². The standard InChI is InChI=1S/C13H17NO3S2/c1-8-7-19-11(13(16)17-2)10(8)14-12(15)9-5-3-4-6-18-9/h7,9H,3-6H2,1-2H3,(H,14,15). The average Bonchev–Trinajstić information content (AvgIpc) is 2.80. The van der Waals surface area contributed by atoms with Gasteiger partial charge in [-0.25, -0.2) is 4.79 Å². The van der Waals surface area contributed by atoms with Crippen LogP contribution in [0, 0.1) is 6.92 Å². The van der Waals surface area contributed by atoms with E-state index in [9.17, 15) is 9.59 Å². The Morgan fingerprint density at radius 3 is 2.84 bits per heavy atom. The summed E-state index contributed by atoms with van der Waals surface area (Å²) in [6, 6.07) is 0. The Balaban J connectivity index is 2.11.